The van der Waals surface area contributed by atoms with Crippen LogP contribution in [-0.2, 0) is 6.42 Å². The second kappa shape index (κ2) is 2.83. The molecule has 0 spiro atoms. The van der Waals surface area contributed by atoms with Gasteiger partial charge in [0.15, 0.2) is 0 Å². The summed E-state index contributed by atoms with van der Waals surface area (Å²) in [7, 11) is 0. The third-order valence-electron chi connectivity index (χ3n) is 1.91. The van der Waals surface area contributed by atoms with Crippen molar-refractivity contribution in [1.82, 2.24) is 4.37 Å². The van der Waals surface area contributed by atoms with E-state index in [4.69, 9.17) is 0 Å². The Morgan fingerprint density at radius 1 is 1.50 bits per heavy atom. The van der Waals surface area contributed by atoms with Gasteiger partial charge in [0.25, 0.3) is 0 Å². The predicted octanol–water partition coefficient (Wildman–Crippen LogP) is 3.00. The Bertz CT molecular complexity index is 408. The fraction of sp³-hybridized carbons (Fsp3) is 0.222. The zero-order valence-corrected chi connectivity index (χ0v) is 7.49. The van der Waals surface area contributed by atoms with Crippen LogP contribution in [0.1, 0.15) is 12.5 Å². The lowest BCUT2D eigenvalue weighted by Crippen LogP contribution is -1.82. The molecule has 0 saturated carbocycles. The minimum absolute atomic E-state index is 0.163. The van der Waals surface area contributed by atoms with E-state index in [1.807, 2.05) is 6.92 Å². The standard InChI is InChI=1S/C9H8FNS/c1-2-6-3-7(10)4-9-8(6)5-11-12-9/h3-5H,2H2,1H3. The Kier molecular flexibility index (Phi) is 1.81. The molecule has 62 valence electrons. The van der Waals surface area contributed by atoms with Crippen LogP contribution in [0, 0.1) is 5.82 Å². The number of benzene rings is 1. The van der Waals surface area contributed by atoms with Crippen LogP contribution < -0.4 is 0 Å². The van der Waals surface area contributed by atoms with E-state index in [1.165, 1.54) is 17.6 Å². The molecule has 0 amide bonds. The molecule has 0 aliphatic rings. The maximum Gasteiger partial charge on any atom is 0.124 e. The zero-order valence-electron chi connectivity index (χ0n) is 6.67. The summed E-state index contributed by atoms with van der Waals surface area (Å²) in [5.74, 6) is -0.163. The van der Waals surface area contributed by atoms with Crippen LogP contribution in [0.2, 0.25) is 0 Å². The summed E-state index contributed by atoms with van der Waals surface area (Å²) in [5.41, 5.74) is 1.04. The third-order valence-corrected chi connectivity index (χ3v) is 2.65. The molecule has 3 heteroatoms. The second-order valence-electron chi connectivity index (χ2n) is 2.66. The molecule has 0 unspecified atom stereocenters. The molecule has 0 N–H and O–H groups in total. The summed E-state index contributed by atoms with van der Waals surface area (Å²) in [4.78, 5) is 0. The maximum atomic E-state index is 12.9. The highest BCUT2D eigenvalue weighted by atomic mass is 32.1. The van der Waals surface area contributed by atoms with Crippen LogP contribution in [0.25, 0.3) is 10.1 Å². The van der Waals surface area contributed by atoms with Gasteiger partial charge < -0.3 is 0 Å². The molecule has 0 aliphatic heterocycles. The zero-order chi connectivity index (χ0) is 8.55. The summed E-state index contributed by atoms with van der Waals surface area (Å²) < 4.78 is 17.9. The van der Waals surface area contributed by atoms with Gasteiger partial charge in [-0.3, -0.25) is 0 Å². The predicted molar refractivity (Wildman–Crippen MR) is 49.0 cm³/mol. The highest BCUT2D eigenvalue weighted by Crippen LogP contribution is 2.23. The van der Waals surface area contributed by atoms with Gasteiger partial charge in [-0.1, -0.05) is 6.92 Å². The van der Waals surface area contributed by atoms with Crippen molar-refractivity contribution < 1.29 is 4.39 Å². The first-order chi connectivity index (χ1) is 5.81. The van der Waals surface area contributed by atoms with E-state index in [1.54, 1.807) is 12.3 Å². The SMILES string of the molecule is CCc1cc(F)cc2sncc12. The Morgan fingerprint density at radius 2 is 2.33 bits per heavy atom. The highest BCUT2D eigenvalue weighted by molar-refractivity contribution is 7.13. The van der Waals surface area contributed by atoms with Gasteiger partial charge in [-0.25, -0.2) is 4.39 Å². The van der Waals surface area contributed by atoms with Crippen LogP contribution in [0.15, 0.2) is 18.3 Å². The van der Waals surface area contributed by atoms with Gasteiger partial charge >= 0.3 is 0 Å². The molecule has 0 bridgehead atoms. The average molecular weight is 181 g/mol. The van der Waals surface area contributed by atoms with Gasteiger partial charge in [0, 0.05) is 11.6 Å². The van der Waals surface area contributed by atoms with Gasteiger partial charge in [0.1, 0.15) is 5.82 Å². The molecule has 2 rings (SSSR count). The average Bonchev–Trinajstić information content (AvgIpc) is 2.50. The minimum Gasteiger partial charge on any atom is -0.207 e. The van der Waals surface area contributed by atoms with Crippen molar-refractivity contribution in [3.8, 4) is 0 Å². The number of aromatic nitrogens is 1. The Morgan fingerprint density at radius 3 is 3.08 bits per heavy atom. The van der Waals surface area contributed by atoms with Gasteiger partial charge in [-0.2, -0.15) is 4.37 Å². The molecule has 1 aromatic carbocycles. The summed E-state index contributed by atoms with van der Waals surface area (Å²) >= 11 is 1.34. The molecule has 1 aromatic heterocycles. The van der Waals surface area contributed by atoms with E-state index < -0.39 is 0 Å². The molecule has 1 heterocycles. The van der Waals surface area contributed by atoms with Crippen LogP contribution >= 0.6 is 11.5 Å². The smallest absolute Gasteiger partial charge is 0.124 e. The first-order valence-electron chi connectivity index (χ1n) is 3.84. The lowest BCUT2D eigenvalue weighted by Gasteiger charge is -1.97. The lowest BCUT2D eigenvalue weighted by atomic mass is 10.1. The van der Waals surface area contributed by atoms with E-state index in [-0.39, 0.29) is 5.82 Å². The molecule has 0 atom stereocenters. The summed E-state index contributed by atoms with van der Waals surface area (Å²) in [6, 6.07) is 3.11. The number of rotatable bonds is 1. The molecule has 1 nitrogen and oxygen atoms in total. The van der Waals surface area contributed by atoms with Crippen LogP contribution in [0.5, 0.6) is 0 Å². The molecular weight excluding hydrogens is 173 g/mol. The molecule has 0 saturated heterocycles. The summed E-state index contributed by atoms with van der Waals surface area (Å²) in [5, 5.41) is 1.09. The monoisotopic (exact) mass is 181 g/mol. The third kappa shape index (κ3) is 1.10. The van der Waals surface area contributed by atoms with Crippen LogP contribution in [0.4, 0.5) is 4.39 Å². The molecular formula is C9H8FNS. The number of fused-ring (bicyclic) bond motifs is 1. The first kappa shape index (κ1) is 7.68. The largest absolute Gasteiger partial charge is 0.207 e. The van der Waals surface area contributed by atoms with Crippen molar-refractivity contribution in [1.29, 1.82) is 0 Å². The normalized spacial score (nSPS) is 10.8. The topological polar surface area (TPSA) is 12.9 Å². The second-order valence-corrected chi connectivity index (χ2v) is 3.49. The van der Waals surface area contributed by atoms with Gasteiger partial charge in [0.05, 0.1) is 4.70 Å². The van der Waals surface area contributed by atoms with Crippen molar-refractivity contribution in [3.05, 3.63) is 29.7 Å². The number of hydrogen-bond donors (Lipinski definition) is 0. The quantitative estimate of drug-likeness (QED) is 0.659. The van der Waals surface area contributed by atoms with E-state index in [0.717, 1.165) is 22.1 Å². The Labute approximate surface area is 74.0 Å². The molecule has 2 aromatic rings. The lowest BCUT2D eigenvalue weighted by molar-refractivity contribution is 0.628. The van der Waals surface area contributed by atoms with E-state index in [0.29, 0.717) is 0 Å². The molecule has 0 radical (unpaired) electrons. The van der Waals surface area contributed by atoms with E-state index in [2.05, 4.69) is 4.37 Å². The Hall–Kier alpha value is -0.960. The van der Waals surface area contributed by atoms with Crippen molar-refractivity contribution >= 4 is 21.6 Å². The summed E-state index contributed by atoms with van der Waals surface area (Å²) in [6.45, 7) is 2.02. The minimum atomic E-state index is -0.163. The van der Waals surface area contributed by atoms with Crippen LogP contribution in [0.3, 0.4) is 0 Å². The molecule has 0 fully saturated rings. The fourth-order valence-corrected chi connectivity index (χ4v) is 2.02. The summed E-state index contributed by atoms with van der Waals surface area (Å²) in [6.07, 6.45) is 2.66. The number of hydrogen-bond acceptors (Lipinski definition) is 2. The number of halogens is 1. The Balaban J connectivity index is 2.80. The van der Waals surface area contributed by atoms with Gasteiger partial charge in [-0.05, 0) is 35.6 Å². The highest BCUT2D eigenvalue weighted by Gasteiger charge is 2.03. The van der Waals surface area contributed by atoms with E-state index in [9.17, 15) is 4.39 Å². The number of nitrogens with zero attached hydrogens (tertiary/aromatic N) is 1. The van der Waals surface area contributed by atoms with E-state index >= 15 is 0 Å². The maximum absolute atomic E-state index is 12.9. The van der Waals surface area contributed by atoms with Crippen molar-refractivity contribution in [3.63, 3.8) is 0 Å². The van der Waals surface area contributed by atoms with Gasteiger partial charge in [0.2, 0.25) is 0 Å². The van der Waals surface area contributed by atoms with Crippen molar-refractivity contribution in [2.45, 2.75) is 13.3 Å². The fourth-order valence-electron chi connectivity index (χ4n) is 1.30. The first-order valence-corrected chi connectivity index (χ1v) is 4.61. The van der Waals surface area contributed by atoms with Crippen molar-refractivity contribution in [2.24, 2.45) is 0 Å². The molecule has 0 aliphatic carbocycles. The van der Waals surface area contributed by atoms with Gasteiger partial charge in [-0.15, -0.1) is 0 Å². The molecule has 12 heavy (non-hydrogen) atoms. The van der Waals surface area contributed by atoms with Crippen LogP contribution in [-0.4, -0.2) is 4.37 Å². The number of aryl methyl sites for hydroxylation is 1. The van der Waals surface area contributed by atoms with Crippen molar-refractivity contribution in [2.75, 3.05) is 0 Å².